The molecular weight excluding hydrogens is 426 g/mol. The zero-order chi connectivity index (χ0) is 23.9. The third kappa shape index (κ3) is 6.04. The summed E-state index contributed by atoms with van der Waals surface area (Å²) in [5, 5.41) is 6.05. The second-order valence-electron chi connectivity index (χ2n) is 9.69. The fourth-order valence-corrected chi connectivity index (χ4v) is 5.09. The first-order valence-electron chi connectivity index (χ1n) is 12.6. The zero-order valence-electron chi connectivity index (χ0n) is 20.0. The van der Waals surface area contributed by atoms with E-state index in [2.05, 4.69) is 10.6 Å². The Morgan fingerprint density at radius 1 is 0.941 bits per heavy atom. The van der Waals surface area contributed by atoms with E-state index in [1.165, 1.54) is 32.1 Å². The molecule has 6 heteroatoms. The number of amides is 3. The van der Waals surface area contributed by atoms with Gasteiger partial charge in [-0.1, -0.05) is 43.5 Å². The second kappa shape index (κ2) is 11.3. The number of carbonyl (C=O) groups excluding carboxylic acids is 3. The van der Waals surface area contributed by atoms with Crippen LogP contribution in [0.3, 0.4) is 0 Å². The van der Waals surface area contributed by atoms with Crippen molar-refractivity contribution in [2.75, 3.05) is 25.0 Å². The standard InChI is InChI=1S/C28H35N3O3/c1-20-9-5-6-15-25(20)27(33)30-24-14-7-12-22(17-24)28(34)31-16-8-13-23(19-31)26(32)29-18-21-10-3-2-4-11-21/h5-7,9,12,14-15,17,21,23H,2-4,8,10-11,13,16,18-19H2,1H3,(H,29,32)(H,30,33)/t23-/m0/s1. The van der Waals surface area contributed by atoms with Crippen molar-refractivity contribution in [1.29, 1.82) is 0 Å². The van der Waals surface area contributed by atoms with Gasteiger partial charge in [0.05, 0.1) is 5.92 Å². The van der Waals surface area contributed by atoms with Crippen LogP contribution in [0.25, 0.3) is 0 Å². The van der Waals surface area contributed by atoms with Gasteiger partial charge in [0.2, 0.25) is 5.91 Å². The fourth-order valence-electron chi connectivity index (χ4n) is 5.09. The summed E-state index contributed by atoms with van der Waals surface area (Å²) in [7, 11) is 0. The molecule has 0 spiro atoms. The molecule has 34 heavy (non-hydrogen) atoms. The lowest BCUT2D eigenvalue weighted by Gasteiger charge is -2.32. The van der Waals surface area contributed by atoms with E-state index < -0.39 is 0 Å². The molecule has 2 aromatic rings. The molecule has 0 radical (unpaired) electrons. The van der Waals surface area contributed by atoms with E-state index in [0.717, 1.165) is 24.9 Å². The number of aryl methyl sites for hydroxylation is 1. The molecule has 3 amide bonds. The molecule has 0 unspecified atom stereocenters. The number of benzene rings is 2. The predicted molar refractivity (Wildman–Crippen MR) is 134 cm³/mol. The van der Waals surface area contributed by atoms with Gasteiger partial charge in [-0.15, -0.1) is 0 Å². The number of nitrogens with zero attached hydrogens (tertiary/aromatic N) is 1. The third-order valence-electron chi connectivity index (χ3n) is 7.13. The average molecular weight is 462 g/mol. The van der Waals surface area contributed by atoms with Crippen LogP contribution < -0.4 is 10.6 Å². The molecule has 1 atom stereocenters. The van der Waals surface area contributed by atoms with Gasteiger partial charge < -0.3 is 15.5 Å². The molecule has 2 fully saturated rings. The summed E-state index contributed by atoms with van der Waals surface area (Å²) < 4.78 is 0. The fraction of sp³-hybridized carbons (Fsp3) is 0.464. The van der Waals surface area contributed by atoms with E-state index in [4.69, 9.17) is 0 Å². The van der Waals surface area contributed by atoms with Crippen LogP contribution in [-0.4, -0.2) is 42.3 Å². The van der Waals surface area contributed by atoms with Crippen LogP contribution in [0.2, 0.25) is 0 Å². The molecule has 2 aliphatic rings. The molecule has 2 aromatic carbocycles. The van der Waals surface area contributed by atoms with E-state index in [0.29, 0.717) is 35.8 Å². The Bertz CT molecular complexity index is 1030. The van der Waals surface area contributed by atoms with Crippen molar-refractivity contribution < 1.29 is 14.4 Å². The minimum atomic E-state index is -0.199. The summed E-state index contributed by atoms with van der Waals surface area (Å²) in [6.45, 7) is 3.74. The topological polar surface area (TPSA) is 78.5 Å². The Hall–Kier alpha value is -3.15. The molecule has 2 N–H and O–H groups in total. The van der Waals surface area contributed by atoms with Crippen LogP contribution in [0.5, 0.6) is 0 Å². The third-order valence-corrected chi connectivity index (χ3v) is 7.13. The maximum absolute atomic E-state index is 13.2. The quantitative estimate of drug-likeness (QED) is 0.649. The summed E-state index contributed by atoms with van der Waals surface area (Å²) in [5.41, 5.74) is 2.61. The largest absolute Gasteiger partial charge is 0.356 e. The van der Waals surface area contributed by atoms with Gasteiger partial charge in [0.25, 0.3) is 11.8 Å². The van der Waals surface area contributed by atoms with Gasteiger partial charge in [-0.05, 0) is 68.4 Å². The van der Waals surface area contributed by atoms with Crippen molar-refractivity contribution in [2.45, 2.75) is 51.9 Å². The molecule has 0 aromatic heterocycles. The Morgan fingerprint density at radius 2 is 1.74 bits per heavy atom. The second-order valence-corrected chi connectivity index (χ2v) is 9.69. The summed E-state index contributed by atoms with van der Waals surface area (Å²) in [5.74, 6) is 0.205. The lowest BCUT2D eigenvalue weighted by Crippen LogP contribution is -2.46. The summed E-state index contributed by atoms with van der Waals surface area (Å²) >= 11 is 0. The molecule has 1 saturated carbocycles. The van der Waals surface area contributed by atoms with Crippen molar-refractivity contribution in [2.24, 2.45) is 11.8 Å². The van der Waals surface area contributed by atoms with E-state index in [9.17, 15) is 14.4 Å². The number of nitrogens with one attached hydrogen (secondary N) is 2. The smallest absolute Gasteiger partial charge is 0.255 e. The highest BCUT2D eigenvalue weighted by Crippen LogP contribution is 2.24. The highest BCUT2D eigenvalue weighted by molar-refractivity contribution is 6.06. The highest BCUT2D eigenvalue weighted by Gasteiger charge is 2.29. The maximum atomic E-state index is 13.2. The molecule has 1 saturated heterocycles. The molecule has 180 valence electrons. The first-order chi connectivity index (χ1) is 16.5. The molecule has 1 heterocycles. The predicted octanol–water partition coefficient (Wildman–Crippen LogP) is 4.80. The van der Waals surface area contributed by atoms with Gasteiger partial charge in [-0.2, -0.15) is 0 Å². The average Bonchev–Trinajstić information content (AvgIpc) is 2.88. The monoisotopic (exact) mass is 461 g/mol. The van der Waals surface area contributed by atoms with E-state index in [1.807, 2.05) is 25.1 Å². The number of likely N-dealkylation sites (tertiary alicyclic amines) is 1. The van der Waals surface area contributed by atoms with Crippen molar-refractivity contribution in [1.82, 2.24) is 10.2 Å². The Morgan fingerprint density at radius 3 is 2.53 bits per heavy atom. The van der Waals surface area contributed by atoms with E-state index in [-0.39, 0.29) is 23.6 Å². The number of anilines is 1. The normalized spacial score (nSPS) is 18.9. The summed E-state index contributed by atoms with van der Waals surface area (Å²) in [6, 6.07) is 14.4. The molecular formula is C28H35N3O3. The highest BCUT2D eigenvalue weighted by atomic mass is 16.2. The van der Waals surface area contributed by atoms with Crippen molar-refractivity contribution in [3.63, 3.8) is 0 Å². The number of hydrogen-bond donors (Lipinski definition) is 2. The Labute approximate surface area is 202 Å². The van der Waals surface area contributed by atoms with Crippen LogP contribution in [0.15, 0.2) is 48.5 Å². The summed E-state index contributed by atoms with van der Waals surface area (Å²) in [6.07, 6.45) is 7.86. The first-order valence-corrected chi connectivity index (χ1v) is 12.6. The first kappa shape index (κ1) is 24.0. The SMILES string of the molecule is Cc1ccccc1C(=O)Nc1cccc(C(=O)N2CCC[C@H](C(=O)NCC3CCCCC3)C2)c1. The molecule has 1 aliphatic carbocycles. The lowest BCUT2D eigenvalue weighted by atomic mass is 9.89. The van der Waals surface area contributed by atoms with E-state index >= 15 is 0 Å². The van der Waals surface area contributed by atoms with Gasteiger partial charge in [0.15, 0.2) is 0 Å². The maximum Gasteiger partial charge on any atom is 0.255 e. The molecule has 1 aliphatic heterocycles. The molecule has 4 rings (SSSR count). The lowest BCUT2D eigenvalue weighted by molar-refractivity contribution is -0.126. The number of carbonyl (C=O) groups is 3. The van der Waals surface area contributed by atoms with Crippen LogP contribution in [0.1, 0.15) is 71.2 Å². The minimum absolute atomic E-state index is 0.0716. The minimum Gasteiger partial charge on any atom is -0.356 e. The van der Waals surface area contributed by atoms with Crippen molar-refractivity contribution in [3.8, 4) is 0 Å². The number of piperidine rings is 1. The summed E-state index contributed by atoms with van der Waals surface area (Å²) in [4.78, 5) is 40.4. The Kier molecular flexibility index (Phi) is 7.99. The van der Waals surface area contributed by atoms with Crippen molar-refractivity contribution >= 4 is 23.4 Å². The van der Waals surface area contributed by atoms with Crippen LogP contribution in [0, 0.1) is 18.8 Å². The molecule has 0 bridgehead atoms. The zero-order valence-corrected chi connectivity index (χ0v) is 20.0. The van der Waals surface area contributed by atoms with Gasteiger partial charge >= 0.3 is 0 Å². The van der Waals surface area contributed by atoms with Gasteiger partial charge in [0, 0.05) is 36.4 Å². The van der Waals surface area contributed by atoms with Gasteiger partial charge in [0.1, 0.15) is 0 Å². The van der Waals surface area contributed by atoms with E-state index in [1.54, 1.807) is 35.2 Å². The van der Waals surface area contributed by atoms with Gasteiger partial charge in [-0.3, -0.25) is 14.4 Å². The van der Waals surface area contributed by atoms with Crippen LogP contribution in [-0.2, 0) is 4.79 Å². The number of hydrogen-bond acceptors (Lipinski definition) is 3. The van der Waals surface area contributed by atoms with Crippen LogP contribution >= 0.6 is 0 Å². The number of rotatable bonds is 6. The van der Waals surface area contributed by atoms with Crippen LogP contribution in [0.4, 0.5) is 5.69 Å². The Balaban J connectivity index is 1.35. The van der Waals surface area contributed by atoms with Crippen molar-refractivity contribution in [3.05, 3.63) is 65.2 Å². The van der Waals surface area contributed by atoms with Gasteiger partial charge in [-0.25, -0.2) is 0 Å². The molecule has 6 nitrogen and oxygen atoms in total.